The van der Waals surface area contributed by atoms with Crippen LogP contribution in [0.4, 0.5) is 5.69 Å². The summed E-state index contributed by atoms with van der Waals surface area (Å²) in [6.45, 7) is 2.29. The fraction of sp³-hybridized carbons (Fsp3) is 0.235. The first-order chi connectivity index (χ1) is 10.5. The van der Waals surface area contributed by atoms with Crippen molar-refractivity contribution in [2.24, 2.45) is 0 Å². The summed E-state index contributed by atoms with van der Waals surface area (Å²) < 4.78 is 10.4. The number of ether oxygens (including phenoxy) is 2. The molecule has 0 saturated heterocycles. The Morgan fingerprint density at radius 3 is 2.59 bits per heavy atom. The molecule has 0 heterocycles. The monoisotopic (exact) mass is 319 g/mol. The van der Waals surface area contributed by atoms with Gasteiger partial charge in [-0.2, -0.15) is 0 Å². The fourth-order valence-corrected chi connectivity index (χ4v) is 2.24. The van der Waals surface area contributed by atoms with Gasteiger partial charge in [-0.25, -0.2) is 0 Å². The largest absolute Gasteiger partial charge is 0.496 e. The van der Waals surface area contributed by atoms with Crippen molar-refractivity contribution in [2.75, 3.05) is 19.5 Å². The highest BCUT2D eigenvalue weighted by atomic mass is 35.5. The summed E-state index contributed by atoms with van der Waals surface area (Å²) in [7, 11) is 3.18. The number of carbonyl (C=O) groups excluding carboxylic acids is 1. The molecule has 0 aliphatic heterocycles. The van der Waals surface area contributed by atoms with E-state index in [1.807, 2.05) is 19.1 Å². The van der Waals surface area contributed by atoms with E-state index in [1.54, 1.807) is 38.5 Å². The number of methoxy groups -OCH3 is 2. The summed E-state index contributed by atoms with van der Waals surface area (Å²) in [5, 5.41) is 3.45. The Hall–Kier alpha value is -2.04. The van der Waals surface area contributed by atoms with Gasteiger partial charge < -0.3 is 14.8 Å². The van der Waals surface area contributed by atoms with Crippen LogP contribution in [0, 0.1) is 6.92 Å². The number of aryl methyl sites for hydroxylation is 1. The molecule has 0 aliphatic rings. The minimum absolute atomic E-state index is 0.208. The molecular weight excluding hydrogens is 302 g/mol. The highest BCUT2D eigenvalue weighted by molar-refractivity contribution is 6.31. The molecule has 1 N–H and O–H groups in total. The SMILES string of the molecule is COCc1cc(C(=O)Nc2ccc(C)c(Cl)c2)ccc1OC. The molecule has 0 radical (unpaired) electrons. The predicted octanol–water partition coefficient (Wildman–Crippen LogP) is 4.06. The van der Waals surface area contributed by atoms with Crippen molar-refractivity contribution < 1.29 is 14.3 Å². The molecule has 1 amide bonds. The third-order valence-corrected chi connectivity index (χ3v) is 3.68. The van der Waals surface area contributed by atoms with Crippen LogP contribution in [0.5, 0.6) is 5.75 Å². The van der Waals surface area contributed by atoms with E-state index in [1.165, 1.54) is 0 Å². The van der Waals surface area contributed by atoms with Crippen LogP contribution in [0.2, 0.25) is 5.02 Å². The summed E-state index contributed by atoms with van der Waals surface area (Å²) in [5.74, 6) is 0.483. The molecule has 0 aromatic heterocycles. The van der Waals surface area contributed by atoms with Crippen molar-refractivity contribution >= 4 is 23.2 Å². The zero-order chi connectivity index (χ0) is 16.1. The second kappa shape index (κ2) is 7.29. The molecule has 2 aromatic rings. The van der Waals surface area contributed by atoms with Gasteiger partial charge in [0.2, 0.25) is 0 Å². The molecule has 0 atom stereocenters. The Morgan fingerprint density at radius 2 is 1.95 bits per heavy atom. The summed E-state index contributed by atoms with van der Waals surface area (Å²) in [4.78, 5) is 12.3. The lowest BCUT2D eigenvalue weighted by molar-refractivity contribution is 0.102. The average Bonchev–Trinajstić information content (AvgIpc) is 2.51. The van der Waals surface area contributed by atoms with E-state index in [4.69, 9.17) is 21.1 Å². The second-order valence-corrected chi connectivity index (χ2v) is 5.28. The van der Waals surface area contributed by atoms with E-state index in [0.717, 1.165) is 11.1 Å². The molecule has 2 aromatic carbocycles. The van der Waals surface area contributed by atoms with E-state index >= 15 is 0 Å². The molecule has 5 heteroatoms. The molecule has 4 nitrogen and oxygen atoms in total. The van der Waals surface area contributed by atoms with Crippen molar-refractivity contribution in [1.82, 2.24) is 0 Å². The zero-order valence-corrected chi connectivity index (χ0v) is 13.5. The molecule has 0 bridgehead atoms. The number of anilines is 1. The number of benzene rings is 2. The topological polar surface area (TPSA) is 47.6 Å². The number of hydrogen-bond donors (Lipinski definition) is 1. The van der Waals surface area contributed by atoms with Crippen LogP contribution < -0.4 is 10.1 Å². The summed E-state index contributed by atoms with van der Waals surface area (Å²) in [6.07, 6.45) is 0. The van der Waals surface area contributed by atoms with E-state index in [2.05, 4.69) is 5.32 Å². The molecule has 0 spiro atoms. The van der Waals surface area contributed by atoms with Crippen molar-refractivity contribution in [3.63, 3.8) is 0 Å². The maximum absolute atomic E-state index is 12.3. The Kier molecular flexibility index (Phi) is 5.41. The first kappa shape index (κ1) is 16.3. The summed E-state index contributed by atoms with van der Waals surface area (Å²) in [5.41, 5.74) is 2.97. The van der Waals surface area contributed by atoms with Gasteiger partial charge in [0.15, 0.2) is 0 Å². The molecule has 0 unspecified atom stereocenters. The lowest BCUT2D eigenvalue weighted by Crippen LogP contribution is -2.12. The summed E-state index contributed by atoms with van der Waals surface area (Å²) in [6, 6.07) is 10.6. The van der Waals surface area contributed by atoms with Gasteiger partial charge in [0.05, 0.1) is 13.7 Å². The van der Waals surface area contributed by atoms with Gasteiger partial charge in [-0.3, -0.25) is 4.79 Å². The molecule has 0 fully saturated rings. The summed E-state index contributed by atoms with van der Waals surface area (Å²) >= 11 is 6.06. The third kappa shape index (κ3) is 3.78. The zero-order valence-electron chi connectivity index (χ0n) is 12.8. The van der Waals surface area contributed by atoms with Gasteiger partial charge in [0.25, 0.3) is 5.91 Å². The number of halogens is 1. The van der Waals surface area contributed by atoms with Crippen LogP contribution in [0.1, 0.15) is 21.5 Å². The smallest absolute Gasteiger partial charge is 0.255 e. The lowest BCUT2D eigenvalue weighted by atomic mass is 10.1. The Balaban J connectivity index is 2.21. The van der Waals surface area contributed by atoms with Gasteiger partial charge in [-0.1, -0.05) is 17.7 Å². The van der Waals surface area contributed by atoms with Crippen LogP contribution in [0.15, 0.2) is 36.4 Å². The molecule has 0 saturated carbocycles. The van der Waals surface area contributed by atoms with E-state index in [0.29, 0.717) is 28.6 Å². The van der Waals surface area contributed by atoms with E-state index < -0.39 is 0 Å². The van der Waals surface area contributed by atoms with Crippen LogP contribution >= 0.6 is 11.6 Å². The Morgan fingerprint density at radius 1 is 1.18 bits per heavy atom. The molecule has 0 aliphatic carbocycles. The predicted molar refractivity (Wildman–Crippen MR) is 87.8 cm³/mol. The number of hydrogen-bond acceptors (Lipinski definition) is 3. The number of carbonyl (C=O) groups is 1. The fourth-order valence-electron chi connectivity index (χ4n) is 2.06. The number of nitrogens with one attached hydrogen (secondary N) is 1. The lowest BCUT2D eigenvalue weighted by Gasteiger charge is -2.11. The third-order valence-electron chi connectivity index (χ3n) is 3.27. The van der Waals surface area contributed by atoms with Gasteiger partial charge in [-0.15, -0.1) is 0 Å². The van der Waals surface area contributed by atoms with Gasteiger partial charge in [0, 0.05) is 28.9 Å². The van der Waals surface area contributed by atoms with Gasteiger partial charge in [-0.05, 0) is 42.8 Å². The van der Waals surface area contributed by atoms with E-state index in [-0.39, 0.29) is 5.91 Å². The maximum atomic E-state index is 12.3. The Labute approximate surface area is 135 Å². The maximum Gasteiger partial charge on any atom is 0.255 e. The molecule has 116 valence electrons. The molecule has 22 heavy (non-hydrogen) atoms. The van der Waals surface area contributed by atoms with Crippen molar-refractivity contribution in [3.05, 3.63) is 58.1 Å². The first-order valence-electron chi connectivity index (χ1n) is 6.78. The highest BCUT2D eigenvalue weighted by Crippen LogP contribution is 2.23. The van der Waals surface area contributed by atoms with Crippen LogP contribution in [-0.2, 0) is 11.3 Å². The van der Waals surface area contributed by atoms with Gasteiger partial charge >= 0.3 is 0 Å². The highest BCUT2D eigenvalue weighted by Gasteiger charge is 2.11. The standard InChI is InChI=1S/C17H18ClNO3/c1-11-4-6-14(9-15(11)18)19-17(20)12-5-7-16(22-3)13(8-12)10-21-2/h4-9H,10H2,1-3H3,(H,19,20). The molecular formula is C17H18ClNO3. The van der Waals surface area contributed by atoms with E-state index in [9.17, 15) is 4.79 Å². The minimum Gasteiger partial charge on any atom is -0.496 e. The second-order valence-electron chi connectivity index (χ2n) is 4.88. The van der Waals surface area contributed by atoms with Crippen LogP contribution in [-0.4, -0.2) is 20.1 Å². The van der Waals surface area contributed by atoms with Crippen LogP contribution in [0.3, 0.4) is 0 Å². The van der Waals surface area contributed by atoms with Crippen LogP contribution in [0.25, 0.3) is 0 Å². The minimum atomic E-state index is -0.208. The Bertz CT molecular complexity index is 686. The number of rotatable bonds is 5. The quantitative estimate of drug-likeness (QED) is 0.904. The normalized spacial score (nSPS) is 10.4. The molecule has 2 rings (SSSR count). The number of amides is 1. The average molecular weight is 320 g/mol. The van der Waals surface area contributed by atoms with Gasteiger partial charge in [0.1, 0.15) is 5.75 Å². The van der Waals surface area contributed by atoms with Crippen molar-refractivity contribution in [3.8, 4) is 5.75 Å². The first-order valence-corrected chi connectivity index (χ1v) is 7.16. The van der Waals surface area contributed by atoms with Crippen molar-refractivity contribution in [1.29, 1.82) is 0 Å². The van der Waals surface area contributed by atoms with Crippen molar-refractivity contribution in [2.45, 2.75) is 13.5 Å².